The summed E-state index contributed by atoms with van der Waals surface area (Å²) >= 11 is 0. The fraction of sp³-hybridized carbons (Fsp3) is 0.520. The summed E-state index contributed by atoms with van der Waals surface area (Å²) in [4.78, 5) is 2.48. The van der Waals surface area contributed by atoms with Crippen LogP contribution in [0.15, 0.2) is 48.5 Å². The predicted molar refractivity (Wildman–Crippen MR) is 116 cm³/mol. The Hall–Kier alpha value is -1.76. The Morgan fingerprint density at radius 3 is 1.88 bits per heavy atom. The lowest BCUT2D eigenvalue weighted by atomic mass is 9.91. The van der Waals surface area contributed by atoms with Gasteiger partial charge < -0.3 is 4.90 Å². The van der Waals surface area contributed by atoms with E-state index in [2.05, 4.69) is 88.0 Å². The van der Waals surface area contributed by atoms with Gasteiger partial charge in [-0.2, -0.15) is 0 Å². The van der Waals surface area contributed by atoms with Gasteiger partial charge in [0.2, 0.25) is 0 Å². The summed E-state index contributed by atoms with van der Waals surface area (Å²) in [6.45, 7) is 12.5. The zero-order chi connectivity index (χ0) is 18.9. The molecule has 0 bridgehead atoms. The fourth-order valence-electron chi connectivity index (χ4n) is 3.25. The number of benzene rings is 2. The average Bonchev–Trinajstić information content (AvgIpc) is 2.64. The Balaban J connectivity index is 2.14. The summed E-state index contributed by atoms with van der Waals surface area (Å²) in [5, 5.41) is 0. The Morgan fingerprint density at radius 1 is 0.769 bits per heavy atom. The van der Waals surface area contributed by atoms with Crippen molar-refractivity contribution in [1.29, 1.82) is 0 Å². The topological polar surface area (TPSA) is 3.24 Å². The molecule has 1 heteroatoms. The van der Waals surface area contributed by atoms with E-state index in [1.165, 1.54) is 54.6 Å². The molecule has 142 valence electrons. The van der Waals surface area contributed by atoms with Gasteiger partial charge in [0.05, 0.1) is 0 Å². The van der Waals surface area contributed by atoms with E-state index in [9.17, 15) is 0 Å². The molecular weight excluding hydrogens is 314 g/mol. The van der Waals surface area contributed by atoms with Crippen LogP contribution in [0.2, 0.25) is 0 Å². The highest BCUT2D eigenvalue weighted by molar-refractivity contribution is 5.63. The van der Waals surface area contributed by atoms with Crippen LogP contribution in [0.5, 0.6) is 0 Å². The van der Waals surface area contributed by atoms with E-state index in [1.54, 1.807) is 0 Å². The number of unbranched alkanes of at least 4 members (excludes halogenated alkanes) is 3. The van der Waals surface area contributed by atoms with Gasteiger partial charge in [-0.1, -0.05) is 76.8 Å². The molecule has 2 aromatic rings. The van der Waals surface area contributed by atoms with Crippen LogP contribution in [0.1, 0.15) is 64.5 Å². The molecule has 0 aliphatic rings. The molecule has 0 amide bonds. The highest BCUT2D eigenvalue weighted by Crippen LogP contribution is 2.27. The van der Waals surface area contributed by atoms with Gasteiger partial charge in [0, 0.05) is 17.9 Å². The zero-order valence-electron chi connectivity index (χ0n) is 17.5. The molecule has 0 saturated heterocycles. The fourth-order valence-corrected chi connectivity index (χ4v) is 3.25. The maximum absolute atomic E-state index is 2.48. The van der Waals surface area contributed by atoms with E-state index < -0.39 is 0 Å². The predicted octanol–water partition coefficient (Wildman–Crippen LogP) is 7.55. The van der Waals surface area contributed by atoms with Crippen molar-refractivity contribution < 1.29 is 0 Å². The first-order valence-corrected chi connectivity index (χ1v) is 10.4. The second kappa shape index (κ2) is 10.4. The van der Waals surface area contributed by atoms with Crippen molar-refractivity contribution >= 4 is 11.4 Å². The van der Waals surface area contributed by atoms with Gasteiger partial charge in [-0.05, 0) is 61.4 Å². The van der Waals surface area contributed by atoms with Crippen molar-refractivity contribution in [2.24, 2.45) is 11.8 Å². The molecule has 0 aliphatic carbocycles. The molecule has 0 fully saturated rings. The molecule has 1 nitrogen and oxygen atoms in total. The second-order valence-electron chi connectivity index (χ2n) is 8.14. The SMILES string of the molecule is CCCCCCN(c1ccc(C)cc1)c1ccc(CC(C)C(C)C)cc1. The summed E-state index contributed by atoms with van der Waals surface area (Å²) in [7, 11) is 0. The normalized spacial score (nSPS) is 12.4. The van der Waals surface area contributed by atoms with Crippen molar-refractivity contribution in [1.82, 2.24) is 0 Å². The highest BCUT2D eigenvalue weighted by atomic mass is 15.1. The average molecular weight is 352 g/mol. The molecule has 1 unspecified atom stereocenters. The molecule has 2 aromatic carbocycles. The van der Waals surface area contributed by atoms with Crippen LogP contribution in [-0.4, -0.2) is 6.54 Å². The van der Waals surface area contributed by atoms with Crippen LogP contribution < -0.4 is 4.90 Å². The largest absolute Gasteiger partial charge is 0.341 e. The molecule has 0 spiro atoms. The van der Waals surface area contributed by atoms with Gasteiger partial charge in [0.15, 0.2) is 0 Å². The number of hydrogen-bond acceptors (Lipinski definition) is 1. The van der Waals surface area contributed by atoms with E-state index in [0.717, 1.165) is 18.4 Å². The lowest BCUT2D eigenvalue weighted by Crippen LogP contribution is -2.18. The molecule has 0 saturated carbocycles. The smallest absolute Gasteiger partial charge is 0.0410 e. The van der Waals surface area contributed by atoms with E-state index in [-0.39, 0.29) is 0 Å². The third-order valence-electron chi connectivity index (χ3n) is 5.52. The van der Waals surface area contributed by atoms with Gasteiger partial charge in [0.1, 0.15) is 0 Å². The zero-order valence-corrected chi connectivity index (χ0v) is 17.5. The minimum Gasteiger partial charge on any atom is -0.341 e. The lowest BCUT2D eigenvalue weighted by molar-refractivity contribution is 0.417. The first-order valence-electron chi connectivity index (χ1n) is 10.4. The number of aryl methyl sites for hydroxylation is 1. The first-order chi connectivity index (χ1) is 12.5. The van der Waals surface area contributed by atoms with Crippen LogP contribution in [0.3, 0.4) is 0 Å². The Bertz CT molecular complexity index is 624. The summed E-state index contributed by atoms with van der Waals surface area (Å²) < 4.78 is 0. The maximum Gasteiger partial charge on any atom is 0.0410 e. The van der Waals surface area contributed by atoms with Crippen LogP contribution >= 0.6 is 0 Å². The molecule has 0 aliphatic heterocycles. The van der Waals surface area contributed by atoms with Gasteiger partial charge in [0.25, 0.3) is 0 Å². The Labute approximate surface area is 161 Å². The number of hydrogen-bond donors (Lipinski definition) is 0. The highest BCUT2D eigenvalue weighted by Gasteiger charge is 2.11. The molecule has 0 N–H and O–H groups in total. The van der Waals surface area contributed by atoms with Crippen LogP contribution in [0, 0.1) is 18.8 Å². The standard InChI is InChI=1S/C25H37N/c1-6-7-8-9-18-26(24-14-10-21(4)11-15-24)25-16-12-23(13-17-25)19-22(5)20(2)3/h10-17,20,22H,6-9,18-19H2,1-5H3. The quantitative estimate of drug-likeness (QED) is 0.399. The van der Waals surface area contributed by atoms with E-state index in [1.807, 2.05) is 0 Å². The molecule has 26 heavy (non-hydrogen) atoms. The summed E-state index contributed by atoms with van der Waals surface area (Å²) in [5.41, 5.74) is 5.38. The van der Waals surface area contributed by atoms with E-state index >= 15 is 0 Å². The Kier molecular flexibility index (Phi) is 8.22. The monoisotopic (exact) mass is 351 g/mol. The summed E-state index contributed by atoms with van der Waals surface area (Å²) in [5.74, 6) is 1.46. The molecular formula is C25H37N. The molecule has 0 aromatic heterocycles. The Morgan fingerprint density at radius 2 is 1.35 bits per heavy atom. The van der Waals surface area contributed by atoms with Crippen LogP contribution in [-0.2, 0) is 6.42 Å². The number of nitrogens with zero attached hydrogens (tertiary/aromatic N) is 1. The molecule has 0 heterocycles. The number of anilines is 2. The van der Waals surface area contributed by atoms with Gasteiger partial charge >= 0.3 is 0 Å². The second-order valence-corrected chi connectivity index (χ2v) is 8.14. The van der Waals surface area contributed by atoms with Crippen molar-refractivity contribution in [3.63, 3.8) is 0 Å². The van der Waals surface area contributed by atoms with Gasteiger partial charge in [-0.3, -0.25) is 0 Å². The van der Waals surface area contributed by atoms with E-state index in [4.69, 9.17) is 0 Å². The van der Waals surface area contributed by atoms with Crippen LogP contribution in [0.4, 0.5) is 11.4 Å². The van der Waals surface area contributed by atoms with Gasteiger partial charge in [-0.25, -0.2) is 0 Å². The molecule has 1 atom stereocenters. The minimum absolute atomic E-state index is 0.725. The van der Waals surface area contributed by atoms with Crippen molar-refractivity contribution in [3.8, 4) is 0 Å². The third kappa shape index (κ3) is 6.20. The van der Waals surface area contributed by atoms with Crippen molar-refractivity contribution in [2.75, 3.05) is 11.4 Å². The first kappa shape index (κ1) is 20.6. The third-order valence-corrected chi connectivity index (χ3v) is 5.52. The minimum atomic E-state index is 0.725. The van der Waals surface area contributed by atoms with Crippen molar-refractivity contribution in [3.05, 3.63) is 59.7 Å². The maximum atomic E-state index is 2.48. The summed E-state index contributed by atoms with van der Waals surface area (Å²) in [6.07, 6.45) is 6.33. The number of rotatable bonds is 10. The molecule has 0 radical (unpaired) electrons. The summed E-state index contributed by atoms with van der Waals surface area (Å²) in [6, 6.07) is 18.2. The van der Waals surface area contributed by atoms with Crippen LogP contribution in [0.25, 0.3) is 0 Å². The van der Waals surface area contributed by atoms with E-state index in [0.29, 0.717) is 0 Å². The molecule has 2 rings (SSSR count). The van der Waals surface area contributed by atoms with Crippen molar-refractivity contribution in [2.45, 2.75) is 66.7 Å². The lowest BCUT2D eigenvalue weighted by Gasteiger charge is -2.26. The van der Waals surface area contributed by atoms with Gasteiger partial charge in [-0.15, -0.1) is 0 Å².